The largest absolute Gasteiger partial charge is 0.470 e. The highest BCUT2D eigenvalue weighted by molar-refractivity contribution is 5.53. The Balaban J connectivity index is 1.81. The van der Waals surface area contributed by atoms with Crippen LogP contribution in [-0.2, 0) is 4.74 Å². The van der Waals surface area contributed by atoms with Crippen LogP contribution < -0.4 is 15.8 Å². The van der Waals surface area contributed by atoms with E-state index in [2.05, 4.69) is 10.3 Å². The molecule has 5 heteroatoms. The molecule has 5 nitrogen and oxygen atoms in total. The van der Waals surface area contributed by atoms with Crippen molar-refractivity contribution in [2.45, 2.75) is 58.2 Å². The molecule has 0 aromatic carbocycles. The van der Waals surface area contributed by atoms with Crippen LogP contribution in [0.3, 0.4) is 0 Å². The average molecular weight is 293 g/mol. The van der Waals surface area contributed by atoms with Gasteiger partial charge in [-0.15, -0.1) is 0 Å². The van der Waals surface area contributed by atoms with Crippen LogP contribution >= 0.6 is 0 Å². The van der Waals surface area contributed by atoms with Gasteiger partial charge in [-0.25, -0.2) is 0 Å². The molecule has 0 aliphatic heterocycles. The van der Waals surface area contributed by atoms with Crippen molar-refractivity contribution in [3.63, 3.8) is 0 Å². The van der Waals surface area contributed by atoms with Gasteiger partial charge in [0.05, 0.1) is 18.4 Å². The highest BCUT2D eigenvalue weighted by Gasteiger charge is 2.16. The summed E-state index contributed by atoms with van der Waals surface area (Å²) in [4.78, 5) is 4.41. The highest BCUT2D eigenvalue weighted by atomic mass is 16.5. The Kier molecular flexibility index (Phi) is 5.28. The van der Waals surface area contributed by atoms with Gasteiger partial charge in [0.1, 0.15) is 11.4 Å². The lowest BCUT2D eigenvalue weighted by Gasteiger charge is -2.21. The highest BCUT2D eigenvalue weighted by Crippen LogP contribution is 2.25. The Morgan fingerprint density at radius 3 is 2.67 bits per heavy atom. The van der Waals surface area contributed by atoms with Crippen LogP contribution in [0.2, 0.25) is 0 Å². The van der Waals surface area contributed by atoms with Crippen LogP contribution in [0.4, 0.5) is 11.5 Å². The summed E-state index contributed by atoms with van der Waals surface area (Å²) in [5.41, 5.74) is 6.13. The van der Waals surface area contributed by atoms with Crippen LogP contribution in [0.15, 0.2) is 12.1 Å². The van der Waals surface area contributed by atoms with Crippen molar-refractivity contribution in [2.75, 3.05) is 24.2 Å². The number of aromatic nitrogens is 1. The number of nitrogens with one attached hydrogen (secondary N) is 1. The van der Waals surface area contributed by atoms with Crippen molar-refractivity contribution < 1.29 is 9.47 Å². The van der Waals surface area contributed by atoms with E-state index in [0.717, 1.165) is 12.4 Å². The molecule has 3 N–H and O–H groups in total. The van der Waals surface area contributed by atoms with E-state index < -0.39 is 0 Å². The molecule has 1 aromatic rings. The molecule has 1 fully saturated rings. The minimum Gasteiger partial charge on any atom is -0.470 e. The number of hydrogen-bond acceptors (Lipinski definition) is 5. The number of nitrogens with two attached hydrogens (primary N) is 1. The van der Waals surface area contributed by atoms with Crippen molar-refractivity contribution in [1.29, 1.82) is 0 Å². The van der Waals surface area contributed by atoms with Gasteiger partial charge in [-0.1, -0.05) is 12.8 Å². The molecule has 1 aliphatic rings. The quantitative estimate of drug-likeness (QED) is 0.788. The molecule has 1 heterocycles. The lowest BCUT2D eigenvalue weighted by molar-refractivity contribution is 0.0658. The van der Waals surface area contributed by atoms with E-state index in [9.17, 15) is 0 Å². The van der Waals surface area contributed by atoms with Crippen molar-refractivity contribution in [2.24, 2.45) is 0 Å². The fourth-order valence-corrected chi connectivity index (χ4v) is 2.38. The maximum absolute atomic E-state index is 5.89. The Bertz CT molecular complexity index is 451. The zero-order valence-electron chi connectivity index (χ0n) is 13.3. The van der Waals surface area contributed by atoms with Gasteiger partial charge in [0.25, 0.3) is 0 Å². The molecule has 0 atom stereocenters. The molecule has 1 aliphatic carbocycles. The summed E-state index contributed by atoms with van der Waals surface area (Å²) in [5, 5.41) is 3.25. The number of ether oxygens (including phenoxy) is 2. The number of pyridine rings is 1. The van der Waals surface area contributed by atoms with Gasteiger partial charge in [0, 0.05) is 6.54 Å². The van der Waals surface area contributed by atoms with E-state index in [1.807, 2.05) is 32.9 Å². The van der Waals surface area contributed by atoms with Gasteiger partial charge in [0.15, 0.2) is 0 Å². The first-order valence-electron chi connectivity index (χ1n) is 7.75. The molecule has 0 unspecified atom stereocenters. The van der Waals surface area contributed by atoms with E-state index in [-0.39, 0.29) is 5.60 Å². The van der Waals surface area contributed by atoms with Crippen LogP contribution in [0.25, 0.3) is 0 Å². The van der Waals surface area contributed by atoms with Gasteiger partial charge < -0.3 is 20.5 Å². The van der Waals surface area contributed by atoms with E-state index in [1.54, 1.807) is 0 Å². The van der Waals surface area contributed by atoms with E-state index in [4.69, 9.17) is 15.2 Å². The van der Waals surface area contributed by atoms with E-state index >= 15 is 0 Å². The standard InChI is InChI=1S/C16H27N3O2/c1-16(2,3)21-15-13(17)8-9-14(19-15)18-10-11-20-12-6-4-5-7-12/h8-9,12H,4-7,10-11,17H2,1-3H3,(H,18,19). The number of rotatable bonds is 6. The first-order valence-corrected chi connectivity index (χ1v) is 7.75. The van der Waals surface area contributed by atoms with Crippen molar-refractivity contribution in [3.05, 3.63) is 12.1 Å². The van der Waals surface area contributed by atoms with E-state index in [1.165, 1.54) is 25.7 Å². The second kappa shape index (κ2) is 6.98. The van der Waals surface area contributed by atoms with Crippen LogP contribution in [-0.4, -0.2) is 29.8 Å². The minimum atomic E-state index is -0.314. The summed E-state index contributed by atoms with van der Waals surface area (Å²) in [6.45, 7) is 7.37. The van der Waals surface area contributed by atoms with Crippen LogP contribution in [0.1, 0.15) is 46.5 Å². The summed E-state index contributed by atoms with van der Waals surface area (Å²) in [6, 6.07) is 3.68. The topological polar surface area (TPSA) is 69.4 Å². The molecule has 118 valence electrons. The summed E-state index contributed by atoms with van der Waals surface area (Å²) in [5.74, 6) is 1.24. The lowest BCUT2D eigenvalue weighted by atomic mass is 10.2. The summed E-state index contributed by atoms with van der Waals surface area (Å²) in [7, 11) is 0. The molecule has 0 spiro atoms. The third kappa shape index (κ3) is 5.42. The molecular formula is C16H27N3O2. The summed E-state index contributed by atoms with van der Waals surface area (Å²) in [6.07, 6.45) is 5.44. The van der Waals surface area contributed by atoms with E-state index in [0.29, 0.717) is 24.3 Å². The monoisotopic (exact) mass is 293 g/mol. The maximum atomic E-state index is 5.89. The summed E-state index contributed by atoms with van der Waals surface area (Å²) >= 11 is 0. The number of nitrogens with zero attached hydrogens (tertiary/aromatic N) is 1. The first kappa shape index (κ1) is 15.9. The zero-order chi connectivity index (χ0) is 15.3. The van der Waals surface area contributed by atoms with Gasteiger partial charge in [0.2, 0.25) is 5.88 Å². The third-order valence-corrected chi connectivity index (χ3v) is 3.36. The molecule has 0 bridgehead atoms. The molecule has 1 aromatic heterocycles. The number of anilines is 2. The molecular weight excluding hydrogens is 266 g/mol. The molecule has 0 saturated heterocycles. The lowest BCUT2D eigenvalue weighted by Crippen LogP contribution is -2.24. The predicted molar refractivity (Wildman–Crippen MR) is 85.7 cm³/mol. The molecule has 2 rings (SSSR count). The first-order chi connectivity index (χ1) is 9.94. The predicted octanol–water partition coefficient (Wildman–Crippen LogP) is 3.21. The average Bonchev–Trinajstić information content (AvgIpc) is 2.90. The number of nitrogen functional groups attached to an aromatic ring is 1. The molecule has 0 radical (unpaired) electrons. The Morgan fingerprint density at radius 2 is 2.00 bits per heavy atom. The SMILES string of the molecule is CC(C)(C)Oc1nc(NCCOC2CCCC2)ccc1N. The Hall–Kier alpha value is -1.49. The van der Waals surface area contributed by atoms with Gasteiger partial charge in [-0.05, 0) is 45.7 Å². The maximum Gasteiger partial charge on any atom is 0.239 e. The van der Waals surface area contributed by atoms with Crippen LogP contribution in [0, 0.1) is 0 Å². The van der Waals surface area contributed by atoms with Gasteiger partial charge >= 0.3 is 0 Å². The van der Waals surface area contributed by atoms with Crippen molar-refractivity contribution >= 4 is 11.5 Å². The fourth-order valence-electron chi connectivity index (χ4n) is 2.38. The number of hydrogen-bond donors (Lipinski definition) is 2. The smallest absolute Gasteiger partial charge is 0.239 e. The second-order valence-corrected chi connectivity index (χ2v) is 6.51. The fraction of sp³-hybridized carbons (Fsp3) is 0.688. The Morgan fingerprint density at radius 1 is 1.29 bits per heavy atom. The Labute approximate surface area is 127 Å². The zero-order valence-corrected chi connectivity index (χ0v) is 13.3. The van der Waals surface area contributed by atoms with Gasteiger partial charge in [-0.2, -0.15) is 4.98 Å². The minimum absolute atomic E-state index is 0.314. The van der Waals surface area contributed by atoms with Crippen LogP contribution in [0.5, 0.6) is 5.88 Å². The molecule has 1 saturated carbocycles. The van der Waals surface area contributed by atoms with Crippen molar-refractivity contribution in [1.82, 2.24) is 4.98 Å². The molecule has 21 heavy (non-hydrogen) atoms. The van der Waals surface area contributed by atoms with Gasteiger partial charge in [-0.3, -0.25) is 0 Å². The normalized spacial score (nSPS) is 16.1. The summed E-state index contributed by atoms with van der Waals surface area (Å²) < 4.78 is 11.6. The van der Waals surface area contributed by atoms with Crippen molar-refractivity contribution in [3.8, 4) is 5.88 Å². The second-order valence-electron chi connectivity index (χ2n) is 6.51. The molecule has 0 amide bonds. The third-order valence-electron chi connectivity index (χ3n) is 3.36.